The Bertz CT molecular complexity index is 1110. The predicted molar refractivity (Wildman–Crippen MR) is 120 cm³/mol. The molecule has 0 unspecified atom stereocenters. The van der Waals surface area contributed by atoms with Crippen molar-refractivity contribution in [2.75, 3.05) is 20.8 Å². The molecule has 0 atom stereocenters. The Morgan fingerprint density at radius 1 is 1.12 bits per heavy atom. The van der Waals surface area contributed by atoms with Crippen LogP contribution in [0.15, 0.2) is 53.3 Å². The van der Waals surface area contributed by atoms with Crippen LogP contribution >= 0.6 is 0 Å². The fourth-order valence-electron chi connectivity index (χ4n) is 3.50. The number of amides is 2. The lowest BCUT2D eigenvalue weighted by atomic mass is 10.1. The fraction of sp³-hybridized carbons (Fsp3) is 0.333. The van der Waals surface area contributed by atoms with Crippen LogP contribution in [0.1, 0.15) is 35.3 Å². The normalized spacial score (nSPS) is 12.8. The van der Waals surface area contributed by atoms with Crippen LogP contribution in [-0.4, -0.2) is 53.7 Å². The molecule has 1 aliphatic rings. The molecule has 9 nitrogen and oxygen atoms in total. The van der Waals surface area contributed by atoms with E-state index in [4.69, 9.17) is 14.0 Å². The molecule has 0 saturated heterocycles. The first-order valence-corrected chi connectivity index (χ1v) is 10.7. The van der Waals surface area contributed by atoms with Gasteiger partial charge in [-0.2, -0.15) is 0 Å². The van der Waals surface area contributed by atoms with Gasteiger partial charge in [0.2, 0.25) is 5.91 Å². The maximum atomic E-state index is 13.1. The molecule has 0 radical (unpaired) electrons. The van der Waals surface area contributed by atoms with E-state index in [1.54, 1.807) is 55.8 Å². The second kappa shape index (κ2) is 10.2. The Hall–Kier alpha value is -3.88. The molecule has 4 rings (SSSR count). The smallest absolute Gasteiger partial charge is 0.276 e. The van der Waals surface area contributed by atoms with Crippen LogP contribution in [0.4, 0.5) is 0 Å². The fourth-order valence-corrected chi connectivity index (χ4v) is 3.50. The summed E-state index contributed by atoms with van der Waals surface area (Å²) < 4.78 is 16.1. The molecule has 33 heavy (non-hydrogen) atoms. The number of methoxy groups -OCH3 is 2. The van der Waals surface area contributed by atoms with Crippen LogP contribution in [0.2, 0.25) is 0 Å². The summed E-state index contributed by atoms with van der Waals surface area (Å²) >= 11 is 0. The molecular weight excluding hydrogens is 424 g/mol. The lowest BCUT2D eigenvalue weighted by molar-refractivity contribution is -0.121. The minimum absolute atomic E-state index is 0.118. The van der Waals surface area contributed by atoms with Gasteiger partial charge in [0.15, 0.2) is 11.5 Å². The molecule has 172 valence electrons. The summed E-state index contributed by atoms with van der Waals surface area (Å²) in [6, 6.07) is 10.7. The number of benzene rings is 1. The predicted octanol–water partition coefficient (Wildman–Crippen LogP) is 3.06. The zero-order valence-corrected chi connectivity index (χ0v) is 18.6. The number of carbonyl (C=O) groups is 2. The van der Waals surface area contributed by atoms with Gasteiger partial charge in [-0.25, -0.2) is 0 Å². The van der Waals surface area contributed by atoms with E-state index in [1.165, 1.54) is 0 Å². The van der Waals surface area contributed by atoms with Crippen molar-refractivity contribution >= 4 is 11.8 Å². The van der Waals surface area contributed by atoms with Gasteiger partial charge in [-0.3, -0.25) is 14.6 Å². The highest BCUT2D eigenvalue weighted by atomic mass is 16.5. The van der Waals surface area contributed by atoms with E-state index in [9.17, 15) is 9.59 Å². The van der Waals surface area contributed by atoms with Crippen molar-refractivity contribution in [2.24, 2.45) is 0 Å². The van der Waals surface area contributed by atoms with Crippen molar-refractivity contribution in [1.29, 1.82) is 0 Å². The molecule has 2 heterocycles. The van der Waals surface area contributed by atoms with E-state index in [0.29, 0.717) is 35.9 Å². The molecule has 9 heteroatoms. The van der Waals surface area contributed by atoms with Crippen LogP contribution in [0.25, 0.3) is 11.3 Å². The molecule has 1 saturated carbocycles. The van der Waals surface area contributed by atoms with E-state index < -0.39 is 0 Å². The van der Waals surface area contributed by atoms with E-state index >= 15 is 0 Å². The third-order valence-electron chi connectivity index (χ3n) is 5.47. The molecule has 1 fully saturated rings. The van der Waals surface area contributed by atoms with E-state index in [1.807, 2.05) is 12.1 Å². The first-order valence-electron chi connectivity index (χ1n) is 10.7. The summed E-state index contributed by atoms with van der Waals surface area (Å²) in [7, 11) is 3.13. The number of ether oxygens (including phenoxy) is 2. The summed E-state index contributed by atoms with van der Waals surface area (Å²) in [6.45, 7) is 0.740. The molecule has 0 aliphatic heterocycles. The number of carbonyl (C=O) groups excluding carboxylic acids is 2. The maximum Gasteiger partial charge on any atom is 0.276 e. The molecule has 2 aromatic heterocycles. The van der Waals surface area contributed by atoms with E-state index in [2.05, 4.69) is 15.5 Å². The van der Waals surface area contributed by atoms with Crippen LogP contribution in [-0.2, 0) is 11.3 Å². The number of aromatic nitrogens is 2. The number of rotatable bonds is 10. The van der Waals surface area contributed by atoms with Gasteiger partial charge in [0.25, 0.3) is 5.91 Å². The number of pyridine rings is 1. The SMILES string of the molecule is COc1ccc(OC)c(-c2cc(C(=O)N(CCC(=O)NCc3ccncc3)C3CC3)no2)c1. The Morgan fingerprint density at radius 3 is 2.61 bits per heavy atom. The summed E-state index contributed by atoms with van der Waals surface area (Å²) in [5, 5.41) is 6.87. The van der Waals surface area contributed by atoms with Gasteiger partial charge in [-0.1, -0.05) is 5.16 Å². The van der Waals surface area contributed by atoms with Gasteiger partial charge < -0.3 is 24.2 Å². The van der Waals surface area contributed by atoms with Crippen molar-refractivity contribution in [2.45, 2.75) is 31.8 Å². The van der Waals surface area contributed by atoms with E-state index in [-0.39, 0.29) is 30.0 Å². The Morgan fingerprint density at radius 2 is 1.91 bits per heavy atom. The molecule has 3 aromatic rings. The van der Waals surface area contributed by atoms with Gasteiger partial charge in [0.1, 0.15) is 11.5 Å². The maximum absolute atomic E-state index is 13.1. The van der Waals surface area contributed by atoms with Crippen molar-refractivity contribution < 1.29 is 23.6 Å². The van der Waals surface area contributed by atoms with Gasteiger partial charge in [0.05, 0.1) is 19.8 Å². The third kappa shape index (κ3) is 5.49. The topological polar surface area (TPSA) is 107 Å². The van der Waals surface area contributed by atoms with Gasteiger partial charge in [0, 0.05) is 44.0 Å². The highest BCUT2D eigenvalue weighted by molar-refractivity contribution is 5.94. The first kappa shape index (κ1) is 22.3. The second-order valence-electron chi connectivity index (χ2n) is 7.75. The van der Waals surface area contributed by atoms with Crippen LogP contribution in [0, 0.1) is 0 Å². The average Bonchev–Trinajstić information content (AvgIpc) is 3.57. The van der Waals surface area contributed by atoms with E-state index in [0.717, 1.165) is 18.4 Å². The molecule has 1 N–H and O–H groups in total. The van der Waals surface area contributed by atoms with Crippen LogP contribution < -0.4 is 14.8 Å². The summed E-state index contributed by atoms with van der Waals surface area (Å²) in [6.07, 6.45) is 5.41. The summed E-state index contributed by atoms with van der Waals surface area (Å²) in [5.41, 5.74) is 1.80. The lowest BCUT2D eigenvalue weighted by Crippen LogP contribution is -2.37. The average molecular weight is 450 g/mol. The third-order valence-corrected chi connectivity index (χ3v) is 5.47. The zero-order chi connectivity index (χ0) is 23.2. The quantitative estimate of drug-likeness (QED) is 0.506. The summed E-state index contributed by atoms with van der Waals surface area (Å²) in [5.74, 6) is 1.24. The molecule has 2 amide bonds. The Kier molecular flexibility index (Phi) is 6.87. The van der Waals surface area contributed by atoms with Crippen LogP contribution in [0.3, 0.4) is 0 Å². The Labute approximate surface area is 191 Å². The number of nitrogens with one attached hydrogen (secondary N) is 1. The standard InChI is InChI=1S/C24H26N4O5/c1-31-18-5-6-21(32-2)19(13-18)22-14-20(27-33-22)24(30)28(17-3-4-17)12-9-23(29)26-15-16-7-10-25-11-8-16/h5-8,10-11,13-14,17H,3-4,9,12,15H2,1-2H3,(H,26,29). The molecule has 1 aliphatic carbocycles. The van der Waals surface area contributed by atoms with Crippen molar-refractivity contribution in [1.82, 2.24) is 20.4 Å². The highest BCUT2D eigenvalue weighted by Gasteiger charge is 2.34. The second-order valence-corrected chi connectivity index (χ2v) is 7.75. The first-order chi connectivity index (χ1) is 16.1. The minimum Gasteiger partial charge on any atom is -0.497 e. The monoisotopic (exact) mass is 450 g/mol. The zero-order valence-electron chi connectivity index (χ0n) is 18.6. The molecule has 0 bridgehead atoms. The number of hydrogen-bond acceptors (Lipinski definition) is 7. The van der Waals surface area contributed by atoms with Crippen molar-refractivity contribution in [3.8, 4) is 22.8 Å². The molecule has 1 aromatic carbocycles. The van der Waals surface area contributed by atoms with Crippen molar-refractivity contribution in [3.63, 3.8) is 0 Å². The van der Waals surface area contributed by atoms with Gasteiger partial charge in [-0.05, 0) is 48.7 Å². The van der Waals surface area contributed by atoms with Gasteiger partial charge in [-0.15, -0.1) is 0 Å². The molecular formula is C24H26N4O5. The minimum atomic E-state index is -0.253. The lowest BCUT2D eigenvalue weighted by Gasteiger charge is -2.20. The number of nitrogens with zero attached hydrogens (tertiary/aromatic N) is 3. The van der Waals surface area contributed by atoms with Gasteiger partial charge >= 0.3 is 0 Å². The van der Waals surface area contributed by atoms with Crippen LogP contribution in [0.5, 0.6) is 11.5 Å². The summed E-state index contributed by atoms with van der Waals surface area (Å²) in [4.78, 5) is 31.1. The van der Waals surface area contributed by atoms with Crippen molar-refractivity contribution in [3.05, 3.63) is 60.0 Å². The molecule has 0 spiro atoms. The highest BCUT2D eigenvalue weighted by Crippen LogP contribution is 2.34. The number of hydrogen-bond donors (Lipinski definition) is 1. The Balaban J connectivity index is 1.41. The largest absolute Gasteiger partial charge is 0.497 e.